The Morgan fingerprint density at radius 2 is 2.29 bits per heavy atom. The van der Waals surface area contributed by atoms with E-state index in [4.69, 9.17) is 5.73 Å². The van der Waals surface area contributed by atoms with Crippen molar-refractivity contribution in [3.05, 3.63) is 15.8 Å². The van der Waals surface area contributed by atoms with E-state index in [1.54, 1.807) is 11.0 Å². The highest BCUT2D eigenvalue weighted by molar-refractivity contribution is 7.14. The molecule has 78 valence electrons. The summed E-state index contributed by atoms with van der Waals surface area (Å²) in [5.74, 6) is 0.0663. The molecule has 0 bridgehead atoms. The maximum atomic E-state index is 11.8. The smallest absolute Gasteiger partial charge is 0.263 e. The molecule has 0 fully saturated rings. The molecule has 14 heavy (non-hydrogen) atoms. The quantitative estimate of drug-likeness (QED) is 0.834. The zero-order chi connectivity index (χ0) is 10.7. The fourth-order valence-corrected chi connectivity index (χ4v) is 2.16. The highest BCUT2D eigenvalue weighted by atomic mass is 32.1. The van der Waals surface area contributed by atoms with Crippen molar-refractivity contribution in [2.45, 2.75) is 20.3 Å². The van der Waals surface area contributed by atoms with Crippen LogP contribution in [0.1, 0.15) is 27.9 Å². The van der Waals surface area contributed by atoms with E-state index in [9.17, 15) is 4.79 Å². The van der Waals surface area contributed by atoms with Gasteiger partial charge in [-0.3, -0.25) is 4.79 Å². The molecule has 1 heterocycles. The Hall–Kier alpha value is -1.03. The maximum absolute atomic E-state index is 11.8. The minimum absolute atomic E-state index is 0.0663. The van der Waals surface area contributed by atoms with Crippen molar-refractivity contribution in [3.63, 3.8) is 0 Å². The van der Waals surface area contributed by atoms with Crippen LogP contribution >= 0.6 is 11.3 Å². The van der Waals surface area contributed by atoms with E-state index < -0.39 is 0 Å². The first-order valence-electron chi connectivity index (χ1n) is 4.67. The number of rotatable bonds is 3. The Morgan fingerprint density at radius 1 is 1.64 bits per heavy atom. The molecule has 0 aromatic carbocycles. The Bertz CT molecular complexity index is 313. The van der Waals surface area contributed by atoms with Crippen LogP contribution in [0.4, 0.5) is 5.69 Å². The molecule has 0 atom stereocenters. The Morgan fingerprint density at radius 3 is 2.71 bits per heavy atom. The molecular weight excluding hydrogens is 196 g/mol. The molecule has 2 N–H and O–H groups in total. The molecule has 1 amide bonds. The lowest BCUT2D eigenvalue weighted by molar-refractivity contribution is 0.0800. The Labute approximate surface area is 88.5 Å². The normalized spacial score (nSPS) is 10.2. The summed E-state index contributed by atoms with van der Waals surface area (Å²) in [7, 11) is 1.82. The average Bonchev–Trinajstić information content (AvgIpc) is 2.46. The molecule has 0 aliphatic heterocycles. The number of anilines is 1. The van der Waals surface area contributed by atoms with Gasteiger partial charge in [0.05, 0.1) is 4.88 Å². The van der Waals surface area contributed by atoms with Gasteiger partial charge in [0, 0.05) is 24.2 Å². The van der Waals surface area contributed by atoms with Gasteiger partial charge in [0.1, 0.15) is 0 Å². The third kappa shape index (κ3) is 2.26. The first kappa shape index (κ1) is 11.0. The molecule has 1 aromatic heterocycles. The van der Waals surface area contributed by atoms with Gasteiger partial charge in [-0.1, -0.05) is 6.92 Å². The van der Waals surface area contributed by atoms with Crippen LogP contribution in [-0.2, 0) is 0 Å². The summed E-state index contributed by atoms with van der Waals surface area (Å²) in [5, 5.41) is 0. The van der Waals surface area contributed by atoms with Crippen LogP contribution in [-0.4, -0.2) is 24.4 Å². The highest BCUT2D eigenvalue weighted by Crippen LogP contribution is 2.24. The molecule has 0 saturated heterocycles. The standard InChI is InChI=1S/C10H16N2OS/c1-4-5-12(3)10(13)9-6-8(11)7(2)14-9/h6H,4-5,11H2,1-3H3. The van der Waals surface area contributed by atoms with Gasteiger partial charge in [-0.2, -0.15) is 0 Å². The lowest BCUT2D eigenvalue weighted by Gasteiger charge is -2.14. The summed E-state index contributed by atoms with van der Waals surface area (Å²) >= 11 is 1.46. The largest absolute Gasteiger partial charge is 0.398 e. The van der Waals surface area contributed by atoms with Crippen LogP contribution < -0.4 is 5.73 Å². The van der Waals surface area contributed by atoms with E-state index in [2.05, 4.69) is 6.92 Å². The van der Waals surface area contributed by atoms with Gasteiger partial charge >= 0.3 is 0 Å². The maximum Gasteiger partial charge on any atom is 0.263 e. The topological polar surface area (TPSA) is 46.3 Å². The third-order valence-electron chi connectivity index (χ3n) is 2.07. The van der Waals surface area contributed by atoms with Gasteiger partial charge in [-0.25, -0.2) is 0 Å². The fraction of sp³-hybridized carbons (Fsp3) is 0.500. The summed E-state index contributed by atoms with van der Waals surface area (Å²) in [6.45, 7) is 4.77. The van der Waals surface area contributed by atoms with E-state index in [0.29, 0.717) is 5.69 Å². The lowest BCUT2D eigenvalue weighted by Crippen LogP contribution is -2.26. The second-order valence-corrected chi connectivity index (χ2v) is 4.61. The van der Waals surface area contributed by atoms with E-state index >= 15 is 0 Å². The van der Waals surface area contributed by atoms with Crippen LogP contribution in [0.5, 0.6) is 0 Å². The molecule has 1 aromatic rings. The molecule has 0 saturated carbocycles. The predicted molar refractivity (Wildman–Crippen MR) is 60.7 cm³/mol. The number of amides is 1. The van der Waals surface area contributed by atoms with Crippen molar-refractivity contribution in [1.29, 1.82) is 0 Å². The number of nitrogens with zero attached hydrogens (tertiary/aromatic N) is 1. The summed E-state index contributed by atoms with van der Waals surface area (Å²) in [5.41, 5.74) is 6.40. The summed E-state index contributed by atoms with van der Waals surface area (Å²) < 4.78 is 0. The van der Waals surface area contributed by atoms with Gasteiger partial charge in [-0.05, 0) is 19.4 Å². The highest BCUT2D eigenvalue weighted by Gasteiger charge is 2.14. The Kier molecular flexibility index (Phi) is 3.52. The monoisotopic (exact) mass is 212 g/mol. The number of carbonyl (C=O) groups is 1. The molecule has 0 spiro atoms. The van der Waals surface area contributed by atoms with Crippen LogP contribution in [0.3, 0.4) is 0 Å². The van der Waals surface area contributed by atoms with Crippen molar-refractivity contribution < 1.29 is 4.79 Å². The zero-order valence-electron chi connectivity index (χ0n) is 8.83. The van der Waals surface area contributed by atoms with Crippen molar-refractivity contribution in [2.24, 2.45) is 0 Å². The number of thiophene rings is 1. The number of nitrogen functional groups attached to an aromatic ring is 1. The summed E-state index contributed by atoms with van der Waals surface area (Å²) in [4.78, 5) is 15.3. The van der Waals surface area contributed by atoms with Crippen molar-refractivity contribution in [2.75, 3.05) is 19.3 Å². The number of hydrogen-bond donors (Lipinski definition) is 1. The minimum Gasteiger partial charge on any atom is -0.398 e. The van der Waals surface area contributed by atoms with Crippen LogP contribution in [0.2, 0.25) is 0 Å². The van der Waals surface area contributed by atoms with Crippen LogP contribution in [0.25, 0.3) is 0 Å². The first-order valence-corrected chi connectivity index (χ1v) is 5.49. The molecule has 0 radical (unpaired) electrons. The van der Waals surface area contributed by atoms with E-state index in [1.807, 2.05) is 14.0 Å². The molecule has 3 nitrogen and oxygen atoms in total. The van der Waals surface area contributed by atoms with Gasteiger partial charge in [-0.15, -0.1) is 11.3 Å². The second kappa shape index (κ2) is 4.46. The zero-order valence-corrected chi connectivity index (χ0v) is 9.65. The van der Waals surface area contributed by atoms with E-state index in [0.717, 1.165) is 22.7 Å². The molecular formula is C10H16N2OS. The fourth-order valence-electron chi connectivity index (χ4n) is 1.23. The molecule has 4 heteroatoms. The van der Waals surface area contributed by atoms with E-state index in [1.165, 1.54) is 11.3 Å². The summed E-state index contributed by atoms with van der Waals surface area (Å²) in [6, 6.07) is 1.76. The van der Waals surface area contributed by atoms with Crippen molar-refractivity contribution in [1.82, 2.24) is 4.90 Å². The number of carbonyl (C=O) groups excluding carboxylic acids is 1. The summed E-state index contributed by atoms with van der Waals surface area (Å²) in [6.07, 6.45) is 0.974. The predicted octanol–water partition coefficient (Wildman–Crippen LogP) is 2.12. The molecule has 0 unspecified atom stereocenters. The van der Waals surface area contributed by atoms with Crippen LogP contribution in [0, 0.1) is 6.92 Å². The molecule has 0 aliphatic carbocycles. The lowest BCUT2D eigenvalue weighted by atomic mass is 10.3. The first-order chi connectivity index (χ1) is 6.56. The third-order valence-corrected chi connectivity index (χ3v) is 3.13. The Balaban J connectivity index is 2.79. The number of hydrogen-bond acceptors (Lipinski definition) is 3. The van der Waals surface area contributed by atoms with Crippen molar-refractivity contribution in [3.8, 4) is 0 Å². The number of aryl methyl sites for hydroxylation is 1. The van der Waals surface area contributed by atoms with E-state index in [-0.39, 0.29) is 5.91 Å². The molecule has 0 aliphatic rings. The molecule has 1 rings (SSSR count). The average molecular weight is 212 g/mol. The van der Waals surface area contributed by atoms with Gasteiger partial charge < -0.3 is 10.6 Å². The van der Waals surface area contributed by atoms with Gasteiger partial charge in [0.25, 0.3) is 5.91 Å². The second-order valence-electron chi connectivity index (χ2n) is 3.35. The number of nitrogens with two attached hydrogens (primary N) is 1. The van der Waals surface area contributed by atoms with Gasteiger partial charge in [0.2, 0.25) is 0 Å². The van der Waals surface area contributed by atoms with Crippen LogP contribution in [0.15, 0.2) is 6.07 Å². The van der Waals surface area contributed by atoms with Gasteiger partial charge in [0.15, 0.2) is 0 Å². The van der Waals surface area contributed by atoms with Crippen molar-refractivity contribution >= 4 is 22.9 Å². The SMILES string of the molecule is CCCN(C)C(=O)c1cc(N)c(C)s1. The minimum atomic E-state index is 0.0663.